The minimum absolute atomic E-state index is 0.104. The van der Waals surface area contributed by atoms with Crippen molar-refractivity contribution in [2.75, 3.05) is 6.61 Å². The summed E-state index contributed by atoms with van der Waals surface area (Å²) in [5.74, 6) is -1.62. The second-order valence-corrected chi connectivity index (χ2v) is 3.33. The van der Waals surface area contributed by atoms with Gasteiger partial charge in [-0.25, -0.2) is 9.18 Å². The van der Waals surface area contributed by atoms with Crippen LogP contribution in [0, 0.1) is 0 Å². The van der Waals surface area contributed by atoms with Gasteiger partial charge in [0.2, 0.25) is 0 Å². The molecule has 0 spiro atoms. The minimum Gasteiger partial charge on any atom is -0.461 e. The van der Waals surface area contributed by atoms with E-state index in [1.165, 1.54) is 0 Å². The first-order valence-corrected chi connectivity index (χ1v) is 4.63. The number of esters is 1. The molecule has 0 saturated heterocycles. The van der Waals surface area contributed by atoms with E-state index in [2.05, 4.69) is 9.89 Å². The molecule has 1 aliphatic carbocycles. The predicted molar refractivity (Wildman–Crippen MR) is 48.6 cm³/mol. The molecule has 0 aromatic heterocycles. The zero-order valence-electron chi connectivity index (χ0n) is 8.33. The van der Waals surface area contributed by atoms with Crippen molar-refractivity contribution < 1.29 is 23.9 Å². The van der Waals surface area contributed by atoms with Crippen LogP contribution < -0.4 is 0 Å². The molecule has 1 fully saturated rings. The summed E-state index contributed by atoms with van der Waals surface area (Å²) in [5.41, 5.74) is -2.27. The molecule has 0 amide bonds. The Balaban J connectivity index is 2.54. The molecule has 5 nitrogen and oxygen atoms in total. The Morgan fingerprint density at radius 1 is 1.53 bits per heavy atom. The van der Waals surface area contributed by atoms with Crippen LogP contribution in [0.25, 0.3) is 0 Å². The normalized spacial score (nSPS) is 18.4. The topological polar surface area (TPSA) is 76.0 Å². The fourth-order valence-electron chi connectivity index (χ4n) is 1.06. The summed E-state index contributed by atoms with van der Waals surface area (Å²) in [5, 5.41) is 11.1. The Morgan fingerprint density at radius 3 is 2.53 bits per heavy atom. The quantitative estimate of drug-likeness (QED) is 0.320. The van der Waals surface area contributed by atoms with E-state index in [9.17, 15) is 14.0 Å². The molecule has 0 aromatic rings. The molecule has 1 rings (SSSR count). The van der Waals surface area contributed by atoms with E-state index in [1.807, 2.05) is 0 Å². The number of oxime groups is 1. The van der Waals surface area contributed by atoms with Crippen molar-refractivity contribution in [2.45, 2.75) is 31.9 Å². The third kappa shape index (κ3) is 2.74. The third-order valence-corrected chi connectivity index (χ3v) is 2.15. The maximum Gasteiger partial charge on any atom is 0.356 e. The van der Waals surface area contributed by atoms with Crippen LogP contribution in [-0.4, -0.2) is 34.9 Å². The average Bonchev–Trinajstić information content (AvgIpc) is 2.94. The minimum atomic E-state index is -1.82. The van der Waals surface area contributed by atoms with Crippen LogP contribution in [0.1, 0.15) is 26.2 Å². The highest BCUT2D eigenvalue weighted by atomic mass is 19.1. The molecule has 1 aliphatic rings. The van der Waals surface area contributed by atoms with E-state index in [0.29, 0.717) is 0 Å². The Labute approximate surface area is 85.9 Å². The maximum atomic E-state index is 13.2. The number of halogens is 1. The van der Waals surface area contributed by atoms with Crippen LogP contribution in [0.4, 0.5) is 4.39 Å². The van der Waals surface area contributed by atoms with Gasteiger partial charge in [0.25, 0.3) is 0 Å². The second kappa shape index (κ2) is 4.37. The number of ether oxygens (including phenoxy) is 1. The highest BCUT2D eigenvalue weighted by Crippen LogP contribution is 2.41. The number of carbonyl (C=O) groups excluding carboxylic acids is 2. The van der Waals surface area contributed by atoms with Gasteiger partial charge in [-0.3, -0.25) is 4.79 Å². The summed E-state index contributed by atoms with van der Waals surface area (Å²) in [4.78, 5) is 22.3. The van der Waals surface area contributed by atoms with Gasteiger partial charge in [-0.15, -0.1) is 0 Å². The molecule has 0 aliphatic heterocycles. The number of hydrogen-bond acceptors (Lipinski definition) is 5. The van der Waals surface area contributed by atoms with E-state index < -0.39 is 29.6 Å². The van der Waals surface area contributed by atoms with Crippen molar-refractivity contribution in [3.05, 3.63) is 0 Å². The summed E-state index contributed by atoms with van der Waals surface area (Å²) in [6, 6.07) is 0. The second-order valence-electron chi connectivity index (χ2n) is 3.33. The smallest absolute Gasteiger partial charge is 0.356 e. The van der Waals surface area contributed by atoms with E-state index >= 15 is 0 Å². The molecule has 0 radical (unpaired) electrons. The van der Waals surface area contributed by atoms with Gasteiger partial charge in [0.05, 0.1) is 13.0 Å². The zero-order valence-corrected chi connectivity index (χ0v) is 8.33. The van der Waals surface area contributed by atoms with Crippen molar-refractivity contribution in [3.8, 4) is 0 Å². The molecule has 0 aromatic carbocycles. The lowest BCUT2D eigenvalue weighted by Gasteiger charge is -2.05. The lowest BCUT2D eigenvalue weighted by Crippen LogP contribution is -2.26. The lowest BCUT2D eigenvalue weighted by atomic mass is 10.1. The van der Waals surface area contributed by atoms with Crippen LogP contribution in [0.15, 0.2) is 5.16 Å². The van der Waals surface area contributed by atoms with E-state index in [1.54, 1.807) is 6.92 Å². The first-order valence-electron chi connectivity index (χ1n) is 4.63. The van der Waals surface area contributed by atoms with E-state index in [4.69, 9.17) is 5.21 Å². The SMILES string of the molecule is CCOC(=O)/C(CC(=O)C1(F)CC1)=N\O. The van der Waals surface area contributed by atoms with Gasteiger partial charge in [0.15, 0.2) is 17.2 Å². The van der Waals surface area contributed by atoms with Crippen molar-refractivity contribution in [2.24, 2.45) is 5.16 Å². The van der Waals surface area contributed by atoms with Gasteiger partial charge in [-0.05, 0) is 19.8 Å². The molecule has 0 unspecified atom stereocenters. The summed E-state index contributed by atoms with van der Waals surface area (Å²) in [6.07, 6.45) is -0.174. The number of Topliss-reactive ketones (excluding diaryl/α,β-unsaturated/α-hetero) is 1. The Kier molecular flexibility index (Phi) is 3.39. The molecule has 0 bridgehead atoms. The molecule has 84 valence electrons. The summed E-state index contributed by atoms with van der Waals surface area (Å²) >= 11 is 0. The van der Waals surface area contributed by atoms with Crippen LogP contribution in [0.2, 0.25) is 0 Å². The number of hydrogen-bond donors (Lipinski definition) is 1. The highest BCUT2D eigenvalue weighted by molar-refractivity contribution is 6.40. The van der Waals surface area contributed by atoms with Gasteiger partial charge < -0.3 is 9.94 Å². The van der Waals surface area contributed by atoms with Crippen molar-refractivity contribution in [3.63, 3.8) is 0 Å². The van der Waals surface area contributed by atoms with E-state index in [-0.39, 0.29) is 19.4 Å². The predicted octanol–water partition coefficient (Wildman–Crippen LogP) is 0.841. The zero-order chi connectivity index (χ0) is 11.5. The number of alkyl halides is 1. The molecule has 0 heterocycles. The van der Waals surface area contributed by atoms with Crippen molar-refractivity contribution >= 4 is 17.5 Å². The third-order valence-electron chi connectivity index (χ3n) is 2.15. The lowest BCUT2D eigenvalue weighted by molar-refractivity contribution is -0.136. The monoisotopic (exact) mass is 217 g/mol. The molecule has 15 heavy (non-hydrogen) atoms. The number of carbonyl (C=O) groups is 2. The molecule has 1 N–H and O–H groups in total. The fourth-order valence-corrected chi connectivity index (χ4v) is 1.06. The Bertz CT molecular complexity index is 309. The van der Waals surface area contributed by atoms with Crippen LogP contribution in [0.5, 0.6) is 0 Å². The standard InChI is InChI=1S/C9H12FNO4/c1-2-15-8(13)6(11-14)5-7(12)9(10)3-4-9/h14H,2-5H2,1H3/b11-6-. The Hall–Kier alpha value is -1.46. The Morgan fingerprint density at radius 2 is 2.13 bits per heavy atom. The summed E-state index contributed by atoms with van der Waals surface area (Å²) in [6.45, 7) is 1.68. The van der Waals surface area contributed by atoms with Gasteiger partial charge in [-0.1, -0.05) is 5.16 Å². The first-order chi connectivity index (χ1) is 7.03. The fraction of sp³-hybridized carbons (Fsp3) is 0.667. The van der Waals surface area contributed by atoms with E-state index in [0.717, 1.165) is 0 Å². The summed E-state index contributed by atoms with van der Waals surface area (Å²) < 4.78 is 17.7. The molecule has 0 atom stereocenters. The number of rotatable bonds is 5. The first kappa shape index (κ1) is 11.6. The molecular formula is C9H12FNO4. The van der Waals surface area contributed by atoms with Gasteiger partial charge in [-0.2, -0.15) is 0 Å². The van der Waals surface area contributed by atoms with Gasteiger partial charge in [0, 0.05) is 0 Å². The van der Waals surface area contributed by atoms with Gasteiger partial charge >= 0.3 is 5.97 Å². The average molecular weight is 217 g/mol. The number of ketones is 1. The van der Waals surface area contributed by atoms with Crippen molar-refractivity contribution in [1.29, 1.82) is 0 Å². The molecular weight excluding hydrogens is 205 g/mol. The molecule has 6 heteroatoms. The highest BCUT2D eigenvalue weighted by Gasteiger charge is 2.50. The van der Waals surface area contributed by atoms with Crippen LogP contribution in [-0.2, 0) is 14.3 Å². The van der Waals surface area contributed by atoms with Crippen molar-refractivity contribution in [1.82, 2.24) is 0 Å². The number of nitrogens with zero attached hydrogens (tertiary/aromatic N) is 1. The summed E-state index contributed by atoms with van der Waals surface area (Å²) in [7, 11) is 0. The van der Waals surface area contributed by atoms with Crippen LogP contribution in [0.3, 0.4) is 0 Å². The maximum absolute atomic E-state index is 13.2. The largest absolute Gasteiger partial charge is 0.461 e. The van der Waals surface area contributed by atoms with Crippen LogP contribution >= 0.6 is 0 Å². The van der Waals surface area contributed by atoms with Gasteiger partial charge in [0.1, 0.15) is 0 Å². The molecule has 1 saturated carbocycles.